The number of ether oxygens (including phenoxy) is 3. The normalized spacial score (nSPS) is 16.7. The van der Waals surface area contributed by atoms with Crippen molar-refractivity contribution in [1.29, 1.82) is 0 Å². The molecular weight excluding hydrogens is 469 g/mol. The van der Waals surface area contributed by atoms with Crippen LogP contribution in [0, 0.1) is 3.57 Å². The first-order chi connectivity index (χ1) is 10.2. The van der Waals surface area contributed by atoms with Crippen molar-refractivity contribution in [2.75, 3.05) is 12.4 Å². The topological polar surface area (TPSA) is 73.9 Å². The van der Waals surface area contributed by atoms with Crippen LogP contribution in [0.25, 0.3) is 0 Å². The molecule has 0 atom stereocenters. The molecule has 1 N–H and O–H groups in total. The van der Waals surface area contributed by atoms with Crippen molar-refractivity contribution in [3.8, 4) is 5.75 Å². The molecule has 2 rings (SSSR count). The highest BCUT2D eigenvalue weighted by molar-refractivity contribution is 14.1. The summed E-state index contributed by atoms with van der Waals surface area (Å²) in [6, 6.07) is 3.69. The minimum atomic E-state index is -1.26. The van der Waals surface area contributed by atoms with Crippen LogP contribution in [0.4, 0.5) is 5.69 Å². The summed E-state index contributed by atoms with van der Waals surface area (Å²) in [5.41, 5.74) is 0.375. The van der Waals surface area contributed by atoms with E-state index in [9.17, 15) is 9.59 Å². The number of rotatable bonds is 3. The number of carbonyl (C=O) groups excluding carboxylic acids is 2. The number of benzene rings is 1. The average Bonchev–Trinajstić information content (AvgIpc) is 2.40. The van der Waals surface area contributed by atoms with E-state index in [1.165, 1.54) is 27.2 Å². The predicted octanol–water partition coefficient (Wildman–Crippen LogP) is 3.19. The SMILES string of the molecule is COc1c(I)ccc(Br)c1NC=C1C(=O)OC(C)(C)OC1=O. The first-order valence-corrected chi connectivity index (χ1v) is 8.07. The van der Waals surface area contributed by atoms with Gasteiger partial charge in [-0.25, -0.2) is 9.59 Å². The highest BCUT2D eigenvalue weighted by atomic mass is 127. The summed E-state index contributed by atoms with van der Waals surface area (Å²) >= 11 is 5.51. The quantitative estimate of drug-likeness (QED) is 0.309. The van der Waals surface area contributed by atoms with Crippen molar-refractivity contribution in [2.24, 2.45) is 0 Å². The zero-order valence-electron chi connectivity index (χ0n) is 12.0. The number of anilines is 1. The summed E-state index contributed by atoms with van der Waals surface area (Å²) in [6.45, 7) is 2.98. The van der Waals surface area contributed by atoms with Crippen LogP contribution in [0.1, 0.15) is 13.8 Å². The molecule has 0 saturated carbocycles. The second-order valence-corrected chi connectivity index (χ2v) is 6.84. The lowest BCUT2D eigenvalue weighted by Gasteiger charge is -2.29. The van der Waals surface area contributed by atoms with Gasteiger partial charge in [0.05, 0.1) is 16.4 Å². The van der Waals surface area contributed by atoms with E-state index in [1.807, 2.05) is 12.1 Å². The smallest absolute Gasteiger partial charge is 0.350 e. The van der Waals surface area contributed by atoms with Gasteiger partial charge in [-0.05, 0) is 50.7 Å². The summed E-state index contributed by atoms with van der Waals surface area (Å²) in [5.74, 6) is -2.15. The van der Waals surface area contributed by atoms with Crippen LogP contribution < -0.4 is 10.1 Å². The molecule has 0 aromatic heterocycles. The van der Waals surface area contributed by atoms with Crippen LogP contribution in [0.3, 0.4) is 0 Å². The lowest BCUT2D eigenvalue weighted by Crippen LogP contribution is -2.42. The monoisotopic (exact) mass is 481 g/mol. The third-order valence-electron chi connectivity index (χ3n) is 2.74. The Morgan fingerprint density at radius 2 is 1.86 bits per heavy atom. The minimum Gasteiger partial charge on any atom is -0.493 e. The van der Waals surface area contributed by atoms with Crippen LogP contribution in [-0.4, -0.2) is 24.8 Å². The van der Waals surface area contributed by atoms with Gasteiger partial charge < -0.3 is 19.5 Å². The first-order valence-electron chi connectivity index (χ1n) is 6.20. The average molecular weight is 482 g/mol. The first kappa shape index (κ1) is 17.1. The van der Waals surface area contributed by atoms with Crippen molar-refractivity contribution in [3.63, 3.8) is 0 Å². The Morgan fingerprint density at radius 3 is 2.41 bits per heavy atom. The van der Waals surface area contributed by atoms with Gasteiger partial charge >= 0.3 is 11.9 Å². The number of nitrogens with one attached hydrogen (secondary N) is 1. The molecule has 0 amide bonds. The molecule has 0 unspecified atom stereocenters. The number of methoxy groups -OCH3 is 1. The van der Waals surface area contributed by atoms with E-state index in [4.69, 9.17) is 14.2 Å². The van der Waals surface area contributed by atoms with Gasteiger partial charge in [-0.15, -0.1) is 0 Å². The summed E-state index contributed by atoms with van der Waals surface area (Å²) in [4.78, 5) is 23.7. The zero-order valence-corrected chi connectivity index (χ0v) is 15.8. The molecular formula is C14H13BrINO5. The standard InChI is InChI=1S/C14H13BrINO5/c1-14(2)21-12(18)7(13(19)22-14)6-17-10-8(15)4-5-9(16)11(10)20-3/h4-6,17H,1-3H3. The molecule has 8 heteroatoms. The second kappa shape index (κ2) is 6.45. The van der Waals surface area contributed by atoms with Crippen molar-refractivity contribution >= 4 is 56.1 Å². The van der Waals surface area contributed by atoms with E-state index >= 15 is 0 Å². The molecule has 1 heterocycles. The molecule has 118 valence electrons. The minimum absolute atomic E-state index is 0.216. The summed E-state index contributed by atoms with van der Waals surface area (Å²) < 4.78 is 17.0. The van der Waals surface area contributed by atoms with E-state index in [2.05, 4.69) is 43.8 Å². The number of halogens is 2. The number of esters is 2. The molecule has 0 bridgehead atoms. The Kier molecular flexibility index (Phi) is 5.00. The fourth-order valence-corrected chi connectivity index (χ4v) is 2.89. The van der Waals surface area contributed by atoms with Crippen molar-refractivity contribution in [3.05, 3.63) is 31.9 Å². The van der Waals surface area contributed by atoms with Gasteiger partial charge in [-0.3, -0.25) is 0 Å². The van der Waals surface area contributed by atoms with Crippen LogP contribution in [0.5, 0.6) is 5.75 Å². The van der Waals surface area contributed by atoms with Gasteiger partial charge in [0.2, 0.25) is 0 Å². The Hall–Kier alpha value is -1.29. The molecule has 1 aliphatic heterocycles. The second-order valence-electron chi connectivity index (χ2n) is 4.82. The summed E-state index contributed by atoms with van der Waals surface area (Å²) in [5, 5.41) is 2.89. The summed E-state index contributed by atoms with van der Waals surface area (Å²) in [7, 11) is 1.54. The third-order valence-corrected chi connectivity index (χ3v) is 4.25. The Morgan fingerprint density at radius 1 is 1.27 bits per heavy atom. The largest absolute Gasteiger partial charge is 0.493 e. The van der Waals surface area contributed by atoms with Crippen molar-refractivity contribution in [2.45, 2.75) is 19.6 Å². The van der Waals surface area contributed by atoms with Gasteiger partial charge in [0.25, 0.3) is 5.79 Å². The van der Waals surface area contributed by atoms with Gasteiger partial charge in [-0.1, -0.05) is 0 Å². The van der Waals surface area contributed by atoms with Crippen molar-refractivity contribution in [1.82, 2.24) is 0 Å². The van der Waals surface area contributed by atoms with Gasteiger partial charge in [-0.2, -0.15) is 0 Å². The van der Waals surface area contributed by atoms with Crippen LogP contribution >= 0.6 is 38.5 Å². The number of hydrogen-bond donors (Lipinski definition) is 1. The Labute approximate surface area is 149 Å². The highest BCUT2D eigenvalue weighted by Crippen LogP contribution is 2.37. The predicted molar refractivity (Wildman–Crippen MR) is 91.4 cm³/mol. The maximum Gasteiger partial charge on any atom is 0.350 e. The maximum atomic E-state index is 11.9. The molecule has 1 aromatic carbocycles. The van der Waals surface area contributed by atoms with Crippen LogP contribution in [-0.2, 0) is 19.1 Å². The molecule has 1 aliphatic rings. The van der Waals surface area contributed by atoms with Crippen LogP contribution in [0.15, 0.2) is 28.4 Å². The van der Waals surface area contributed by atoms with Gasteiger partial charge in [0.1, 0.15) is 0 Å². The number of hydrogen-bond acceptors (Lipinski definition) is 6. The van der Waals surface area contributed by atoms with E-state index < -0.39 is 17.7 Å². The van der Waals surface area contributed by atoms with Gasteiger partial charge in [0, 0.05) is 24.5 Å². The fraction of sp³-hybridized carbons (Fsp3) is 0.286. The van der Waals surface area contributed by atoms with E-state index in [1.54, 1.807) is 0 Å². The van der Waals surface area contributed by atoms with E-state index in [0.717, 1.165) is 8.04 Å². The Bertz CT molecular complexity index is 649. The number of cyclic esters (lactones) is 2. The van der Waals surface area contributed by atoms with E-state index in [0.29, 0.717) is 11.4 Å². The highest BCUT2D eigenvalue weighted by Gasteiger charge is 2.39. The molecule has 0 spiro atoms. The molecule has 0 aliphatic carbocycles. The van der Waals surface area contributed by atoms with Crippen LogP contribution in [0.2, 0.25) is 0 Å². The lowest BCUT2D eigenvalue weighted by molar-refractivity contribution is -0.222. The molecule has 6 nitrogen and oxygen atoms in total. The molecule has 22 heavy (non-hydrogen) atoms. The molecule has 0 radical (unpaired) electrons. The number of carbonyl (C=O) groups is 2. The molecule has 1 aromatic rings. The molecule has 1 saturated heterocycles. The maximum absolute atomic E-state index is 11.9. The Balaban J connectivity index is 2.31. The molecule has 1 fully saturated rings. The van der Waals surface area contributed by atoms with Crippen molar-refractivity contribution < 1.29 is 23.8 Å². The van der Waals surface area contributed by atoms with Gasteiger partial charge in [0.15, 0.2) is 11.3 Å². The lowest BCUT2D eigenvalue weighted by atomic mass is 10.2. The zero-order chi connectivity index (χ0) is 16.5. The summed E-state index contributed by atoms with van der Waals surface area (Å²) in [6.07, 6.45) is 1.25. The van der Waals surface area contributed by atoms with E-state index in [-0.39, 0.29) is 5.57 Å². The third kappa shape index (κ3) is 3.54. The fourth-order valence-electron chi connectivity index (χ4n) is 1.79.